The summed E-state index contributed by atoms with van der Waals surface area (Å²) in [4.78, 5) is 0. The van der Waals surface area contributed by atoms with E-state index in [1.807, 2.05) is 6.20 Å². The first kappa shape index (κ1) is 26.7. The topological polar surface area (TPSA) is 12.9 Å². The fourth-order valence-corrected chi connectivity index (χ4v) is 9.03. The number of aromatic nitrogens is 3. The fraction of sp³-hybridized carbons (Fsp3) is 0.211. The van der Waals surface area contributed by atoms with Crippen molar-refractivity contribution in [2.45, 2.75) is 52.4 Å². The van der Waals surface area contributed by atoms with E-state index in [0.717, 1.165) is 11.2 Å². The number of fused-ring (bicyclic) bond motifs is 8. The molecule has 1 unspecified atom stereocenters. The van der Waals surface area contributed by atoms with E-state index in [9.17, 15) is 0 Å². The molecule has 3 nitrogen and oxygen atoms in total. The lowest BCUT2D eigenvalue weighted by Gasteiger charge is -2.25. The van der Waals surface area contributed by atoms with Crippen molar-refractivity contribution in [3.05, 3.63) is 121 Å². The van der Waals surface area contributed by atoms with E-state index in [4.69, 9.17) is 0 Å². The number of hydrogen-bond acceptors (Lipinski definition) is 0. The van der Waals surface area contributed by atoms with Crippen LogP contribution in [0.25, 0.3) is 55.1 Å². The molecule has 7 rings (SSSR count). The number of hydrogen-bond donors (Lipinski definition) is 0. The summed E-state index contributed by atoms with van der Waals surface area (Å²) in [5, 5.41) is 5.30. The van der Waals surface area contributed by atoms with Gasteiger partial charge < -0.3 is 0 Å². The Morgan fingerprint density at radius 3 is 2.05 bits per heavy atom. The highest BCUT2D eigenvalue weighted by Crippen LogP contribution is 2.43. The van der Waals surface area contributed by atoms with Crippen molar-refractivity contribution >= 4 is 56.9 Å². The van der Waals surface area contributed by atoms with Gasteiger partial charge in [-0.2, -0.15) is 13.3 Å². The maximum atomic E-state index is 4.33. The van der Waals surface area contributed by atoms with Gasteiger partial charge in [-0.25, -0.2) is 0 Å². The molecular formula is C38H38N3P+2. The zero-order chi connectivity index (χ0) is 29.4. The van der Waals surface area contributed by atoms with Crippen LogP contribution in [0.4, 0.5) is 0 Å². The zero-order valence-corrected chi connectivity index (χ0v) is 26.3. The molecule has 0 aliphatic heterocycles. The lowest BCUT2D eigenvalue weighted by molar-refractivity contribution is -0.512. The molecule has 0 aliphatic rings. The van der Waals surface area contributed by atoms with Crippen LogP contribution in [0.15, 0.2) is 110 Å². The van der Waals surface area contributed by atoms with Crippen molar-refractivity contribution in [3.63, 3.8) is 0 Å². The zero-order valence-electron chi connectivity index (χ0n) is 25.4. The van der Waals surface area contributed by atoms with Crippen molar-refractivity contribution in [1.29, 1.82) is 0 Å². The van der Waals surface area contributed by atoms with Gasteiger partial charge in [0, 0.05) is 23.6 Å². The fourth-order valence-electron chi connectivity index (χ4n) is 6.29. The molecular weight excluding hydrogens is 529 g/mol. The molecule has 1 atom stereocenters. The first-order valence-electron chi connectivity index (χ1n) is 14.7. The van der Waals surface area contributed by atoms with E-state index in [1.165, 1.54) is 48.9 Å². The van der Waals surface area contributed by atoms with Crippen LogP contribution in [0.2, 0.25) is 0 Å². The number of pyridine rings is 2. The maximum absolute atomic E-state index is 4.33. The summed E-state index contributed by atoms with van der Waals surface area (Å²) < 4.78 is 7.27. The molecule has 0 radical (unpaired) electrons. The third-order valence-electron chi connectivity index (χ3n) is 8.53. The molecule has 4 heteroatoms. The van der Waals surface area contributed by atoms with Crippen LogP contribution in [0.1, 0.15) is 52.7 Å². The molecule has 7 aromatic rings. The molecule has 0 saturated heterocycles. The predicted octanol–water partition coefficient (Wildman–Crippen LogP) is 9.66. The monoisotopic (exact) mass is 567 g/mol. The Hall–Kier alpha value is -4.20. The van der Waals surface area contributed by atoms with E-state index in [0.29, 0.717) is 0 Å². The molecule has 208 valence electrons. The molecule has 0 saturated carbocycles. The van der Waals surface area contributed by atoms with Gasteiger partial charge in [0.1, 0.15) is 16.3 Å². The Morgan fingerprint density at radius 1 is 0.690 bits per heavy atom. The summed E-state index contributed by atoms with van der Waals surface area (Å²) in [5.74, 6) is 0. The third kappa shape index (κ3) is 4.02. The standard InChI is InChI=1S/C38H38N3P/c1-8-39-31-18-14-21-35(39)41(28-24-26(37(2,3)4)23-27(25-28)38(5,6)7)33-19-13-16-30-32-17-11-12-22-40(32)42(36(30)33)34-20-10-9-15-29(31)34/h8-25H,1H2,2-7H3/q+2. The summed E-state index contributed by atoms with van der Waals surface area (Å²) in [6, 6.07) is 36.2. The Bertz CT molecular complexity index is 2200. The second kappa shape index (κ2) is 9.41. The van der Waals surface area contributed by atoms with Gasteiger partial charge in [-0.15, -0.1) is 0 Å². The van der Waals surface area contributed by atoms with Crippen molar-refractivity contribution in [2.75, 3.05) is 0 Å². The molecule has 0 spiro atoms. The number of nitrogens with zero attached hydrogens (tertiary/aromatic N) is 3. The smallest absolute Gasteiger partial charge is 0.199 e. The van der Waals surface area contributed by atoms with Gasteiger partial charge >= 0.3 is 0 Å². The van der Waals surface area contributed by atoms with Crippen LogP contribution in [0.3, 0.4) is 0 Å². The lowest BCUT2D eigenvalue weighted by atomic mass is 9.80. The minimum atomic E-state index is -0.878. The van der Waals surface area contributed by atoms with Gasteiger partial charge in [-0.3, -0.25) is 0 Å². The van der Waals surface area contributed by atoms with E-state index in [1.54, 1.807) is 0 Å². The minimum absolute atomic E-state index is 0.000523. The van der Waals surface area contributed by atoms with Crippen LogP contribution in [0.5, 0.6) is 0 Å². The first-order valence-corrected chi connectivity index (χ1v) is 16.0. The van der Waals surface area contributed by atoms with Crippen LogP contribution < -0.4 is 8.73 Å². The Labute approximate surface area is 248 Å². The highest BCUT2D eigenvalue weighted by molar-refractivity contribution is 7.51. The van der Waals surface area contributed by atoms with Crippen molar-refractivity contribution in [1.82, 2.24) is 4.57 Å². The van der Waals surface area contributed by atoms with Gasteiger partial charge in [0.25, 0.3) is 5.65 Å². The Balaban J connectivity index is 1.87. The average Bonchev–Trinajstić information content (AvgIpc) is 3.31. The second-order valence-corrected chi connectivity index (χ2v) is 15.3. The predicted molar refractivity (Wildman–Crippen MR) is 180 cm³/mol. The van der Waals surface area contributed by atoms with E-state index >= 15 is 0 Å². The van der Waals surface area contributed by atoms with Crippen LogP contribution in [-0.2, 0) is 10.8 Å². The highest BCUT2D eigenvalue weighted by Gasteiger charge is 2.28. The van der Waals surface area contributed by atoms with Gasteiger partial charge in [0.05, 0.1) is 16.7 Å². The second-order valence-electron chi connectivity index (χ2n) is 13.4. The quantitative estimate of drug-likeness (QED) is 0.185. The molecule has 3 aromatic carbocycles. The Morgan fingerprint density at radius 2 is 1.33 bits per heavy atom. The minimum Gasteiger partial charge on any atom is -0.199 e. The van der Waals surface area contributed by atoms with Gasteiger partial charge in [0.2, 0.25) is 5.52 Å². The van der Waals surface area contributed by atoms with Gasteiger partial charge in [0.15, 0.2) is 19.2 Å². The first-order chi connectivity index (χ1) is 20.1. The largest absolute Gasteiger partial charge is 0.292 e. The normalized spacial score (nSPS) is 13.0. The molecule has 0 aliphatic carbocycles. The molecule has 4 heterocycles. The average molecular weight is 568 g/mol. The summed E-state index contributed by atoms with van der Waals surface area (Å²) in [6.45, 7) is 18.2. The van der Waals surface area contributed by atoms with Gasteiger partial charge in [-0.1, -0.05) is 72.4 Å². The third-order valence-corrected chi connectivity index (χ3v) is 11.1. The summed E-state index contributed by atoms with van der Waals surface area (Å²) in [6.07, 6.45) is 4.23. The van der Waals surface area contributed by atoms with Crippen molar-refractivity contribution in [3.8, 4) is 5.69 Å². The lowest BCUT2D eigenvalue weighted by Crippen LogP contribution is -2.30. The van der Waals surface area contributed by atoms with Crippen molar-refractivity contribution < 1.29 is 8.73 Å². The van der Waals surface area contributed by atoms with Crippen LogP contribution in [0, 0.1) is 0 Å². The van der Waals surface area contributed by atoms with Crippen LogP contribution in [-0.4, -0.2) is 4.57 Å². The maximum Gasteiger partial charge on any atom is 0.292 e. The number of rotatable bonds is 2. The molecule has 42 heavy (non-hydrogen) atoms. The summed E-state index contributed by atoms with van der Waals surface area (Å²) in [5.41, 5.74) is 8.56. The Kier molecular flexibility index (Phi) is 5.98. The van der Waals surface area contributed by atoms with E-state index in [2.05, 4.69) is 165 Å². The van der Waals surface area contributed by atoms with E-state index < -0.39 is 7.50 Å². The SMILES string of the molecule is C=C[n+]1c2cccc1n(-c1cc(C(C)(C)C)cc(C(C)(C)C)c1)c1cccc3c4cccc[n+]4p(c4ccccc24)c31. The van der Waals surface area contributed by atoms with Crippen molar-refractivity contribution in [2.24, 2.45) is 0 Å². The molecule has 2 bridgehead atoms. The summed E-state index contributed by atoms with van der Waals surface area (Å²) in [7, 11) is -0.878. The summed E-state index contributed by atoms with van der Waals surface area (Å²) >= 11 is 0. The highest BCUT2D eigenvalue weighted by atomic mass is 31.1. The van der Waals surface area contributed by atoms with E-state index in [-0.39, 0.29) is 10.8 Å². The number of benzene rings is 3. The van der Waals surface area contributed by atoms with Gasteiger partial charge in [-0.05, 0) is 76.6 Å². The van der Waals surface area contributed by atoms with Crippen LogP contribution >= 0.6 is 7.50 Å². The molecule has 0 N–H and O–H groups in total. The molecule has 4 aromatic heterocycles. The molecule has 0 amide bonds. The molecule has 0 fully saturated rings.